The molecule has 2 aromatic carbocycles. The Morgan fingerprint density at radius 3 is 2.46 bits per heavy atom. The Labute approximate surface area is 149 Å². The van der Waals surface area contributed by atoms with Gasteiger partial charge in [0.2, 0.25) is 0 Å². The third-order valence-corrected chi connectivity index (χ3v) is 4.12. The summed E-state index contributed by atoms with van der Waals surface area (Å²) < 4.78 is 33.0. The molecule has 0 radical (unpaired) electrons. The van der Waals surface area contributed by atoms with Crippen molar-refractivity contribution < 1.29 is 23.1 Å². The molecule has 1 heterocycles. The number of benzene rings is 2. The number of halogens is 2. The number of ether oxygens (including phenoxy) is 1. The molecule has 136 valence electrons. The molecule has 2 amide bonds. The molecular formula is C19H18F2N2O3. The zero-order valence-electron chi connectivity index (χ0n) is 13.9. The molecule has 0 saturated carbocycles. The van der Waals surface area contributed by atoms with Crippen LogP contribution in [-0.2, 0) is 4.74 Å². The molecule has 7 heteroatoms. The van der Waals surface area contributed by atoms with Gasteiger partial charge < -0.3 is 15.4 Å². The summed E-state index contributed by atoms with van der Waals surface area (Å²) >= 11 is 0. The van der Waals surface area contributed by atoms with Crippen molar-refractivity contribution in [2.45, 2.75) is 18.9 Å². The maximum atomic E-state index is 13.8. The monoisotopic (exact) mass is 360 g/mol. The first-order valence-corrected chi connectivity index (χ1v) is 8.30. The molecule has 0 aromatic heterocycles. The molecule has 1 unspecified atom stereocenters. The standard InChI is InChI=1S/C19H18F2N2O3/c20-14-7-3-8-15(21)17(14)19(25)23-16-9-2-1-6-13(16)18(24)22-11-12-5-4-10-26-12/h1-3,6-9,12H,4-5,10-11H2,(H,22,24)(H,23,25). The minimum absolute atomic E-state index is 0.0202. The summed E-state index contributed by atoms with van der Waals surface area (Å²) in [5, 5.41) is 5.16. The number of carbonyl (C=O) groups excluding carboxylic acids is 2. The number of amides is 2. The summed E-state index contributed by atoms with van der Waals surface area (Å²) in [6.45, 7) is 1.05. The normalized spacial score (nSPS) is 16.3. The Kier molecular flexibility index (Phi) is 5.58. The highest BCUT2D eigenvalue weighted by Crippen LogP contribution is 2.19. The van der Waals surface area contributed by atoms with Crippen molar-refractivity contribution in [3.63, 3.8) is 0 Å². The molecule has 1 fully saturated rings. The van der Waals surface area contributed by atoms with E-state index in [4.69, 9.17) is 4.74 Å². The molecule has 2 aromatic rings. The molecule has 1 saturated heterocycles. The Hall–Kier alpha value is -2.80. The van der Waals surface area contributed by atoms with E-state index in [0.717, 1.165) is 25.0 Å². The van der Waals surface area contributed by atoms with Gasteiger partial charge in [-0.05, 0) is 37.1 Å². The third-order valence-electron chi connectivity index (χ3n) is 4.12. The van der Waals surface area contributed by atoms with Crippen LogP contribution in [0.4, 0.5) is 14.5 Å². The van der Waals surface area contributed by atoms with Gasteiger partial charge in [0.1, 0.15) is 17.2 Å². The summed E-state index contributed by atoms with van der Waals surface area (Å²) in [6.07, 6.45) is 1.82. The van der Waals surface area contributed by atoms with Gasteiger partial charge in [-0.15, -0.1) is 0 Å². The molecule has 0 spiro atoms. The average molecular weight is 360 g/mol. The predicted octanol–water partition coefficient (Wildman–Crippen LogP) is 3.13. The van der Waals surface area contributed by atoms with Crippen molar-refractivity contribution in [1.82, 2.24) is 5.32 Å². The lowest BCUT2D eigenvalue weighted by Gasteiger charge is -2.14. The van der Waals surface area contributed by atoms with Crippen LogP contribution in [0.5, 0.6) is 0 Å². The van der Waals surface area contributed by atoms with E-state index in [2.05, 4.69) is 10.6 Å². The van der Waals surface area contributed by atoms with Crippen LogP contribution in [0, 0.1) is 11.6 Å². The number of hydrogen-bond acceptors (Lipinski definition) is 3. The van der Waals surface area contributed by atoms with E-state index >= 15 is 0 Å². The number of carbonyl (C=O) groups is 2. The average Bonchev–Trinajstić information content (AvgIpc) is 3.13. The maximum absolute atomic E-state index is 13.8. The van der Waals surface area contributed by atoms with Crippen LogP contribution in [0.25, 0.3) is 0 Å². The molecule has 1 atom stereocenters. The van der Waals surface area contributed by atoms with Gasteiger partial charge in [-0.25, -0.2) is 8.78 Å². The smallest absolute Gasteiger partial charge is 0.261 e. The van der Waals surface area contributed by atoms with Crippen molar-refractivity contribution in [3.8, 4) is 0 Å². The summed E-state index contributed by atoms with van der Waals surface area (Å²) in [4.78, 5) is 24.7. The topological polar surface area (TPSA) is 67.4 Å². The van der Waals surface area contributed by atoms with Crippen LogP contribution in [-0.4, -0.2) is 31.1 Å². The van der Waals surface area contributed by atoms with Crippen LogP contribution in [0.15, 0.2) is 42.5 Å². The molecule has 0 aliphatic carbocycles. The number of para-hydroxylation sites is 1. The SMILES string of the molecule is O=C(NCC1CCCO1)c1ccccc1NC(=O)c1c(F)cccc1F. The van der Waals surface area contributed by atoms with E-state index in [9.17, 15) is 18.4 Å². The minimum atomic E-state index is -0.970. The van der Waals surface area contributed by atoms with Gasteiger partial charge in [0.15, 0.2) is 0 Å². The van der Waals surface area contributed by atoms with Gasteiger partial charge in [0.05, 0.1) is 17.4 Å². The van der Waals surface area contributed by atoms with Crippen molar-refractivity contribution in [2.24, 2.45) is 0 Å². The molecule has 1 aliphatic heterocycles. The number of anilines is 1. The highest BCUT2D eigenvalue weighted by Gasteiger charge is 2.21. The fourth-order valence-electron chi connectivity index (χ4n) is 2.80. The third kappa shape index (κ3) is 4.05. The van der Waals surface area contributed by atoms with E-state index < -0.39 is 29.0 Å². The van der Waals surface area contributed by atoms with Gasteiger partial charge in [-0.3, -0.25) is 9.59 Å². The van der Waals surface area contributed by atoms with Gasteiger partial charge >= 0.3 is 0 Å². The molecule has 2 N–H and O–H groups in total. The van der Waals surface area contributed by atoms with Crippen molar-refractivity contribution in [2.75, 3.05) is 18.5 Å². The Morgan fingerprint density at radius 2 is 1.77 bits per heavy atom. The van der Waals surface area contributed by atoms with E-state index in [1.807, 2.05) is 0 Å². The number of nitrogens with one attached hydrogen (secondary N) is 2. The van der Waals surface area contributed by atoms with E-state index in [1.54, 1.807) is 12.1 Å². The van der Waals surface area contributed by atoms with Crippen LogP contribution >= 0.6 is 0 Å². The second-order valence-electron chi connectivity index (χ2n) is 5.94. The lowest BCUT2D eigenvalue weighted by atomic mass is 10.1. The Balaban J connectivity index is 1.74. The first kappa shape index (κ1) is 18.0. The largest absolute Gasteiger partial charge is 0.376 e. The summed E-state index contributed by atoms with van der Waals surface area (Å²) in [6, 6.07) is 9.45. The van der Waals surface area contributed by atoms with Crippen LogP contribution in [0.3, 0.4) is 0 Å². The van der Waals surface area contributed by atoms with Gasteiger partial charge in [-0.2, -0.15) is 0 Å². The highest BCUT2D eigenvalue weighted by atomic mass is 19.1. The first-order valence-electron chi connectivity index (χ1n) is 8.30. The lowest BCUT2D eigenvalue weighted by Crippen LogP contribution is -2.32. The second-order valence-corrected chi connectivity index (χ2v) is 5.94. The summed E-state index contributed by atoms with van der Waals surface area (Å²) in [5.74, 6) is -3.30. The van der Waals surface area contributed by atoms with Gasteiger partial charge in [0, 0.05) is 13.2 Å². The molecule has 3 rings (SSSR count). The van der Waals surface area contributed by atoms with E-state index in [-0.39, 0.29) is 17.4 Å². The van der Waals surface area contributed by atoms with Crippen LogP contribution in [0.2, 0.25) is 0 Å². The Bertz CT molecular complexity index is 800. The molecular weight excluding hydrogens is 342 g/mol. The Morgan fingerprint density at radius 1 is 1.04 bits per heavy atom. The second kappa shape index (κ2) is 8.05. The zero-order chi connectivity index (χ0) is 18.5. The number of rotatable bonds is 5. The zero-order valence-corrected chi connectivity index (χ0v) is 13.9. The van der Waals surface area contributed by atoms with Crippen LogP contribution < -0.4 is 10.6 Å². The highest BCUT2D eigenvalue weighted by molar-refractivity contribution is 6.09. The minimum Gasteiger partial charge on any atom is -0.376 e. The molecule has 0 bridgehead atoms. The first-order chi connectivity index (χ1) is 12.6. The maximum Gasteiger partial charge on any atom is 0.261 e. The quantitative estimate of drug-likeness (QED) is 0.861. The van der Waals surface area contributed by atoms with E-state index in [0.29, 0.717) is 13.2 Å². The predicted molar refractivity (Wildman–Crippen MR) is 92.1 cm³/mol. The number of hydrogen-bond donors (Lipinski definition) is 2. The van der Waals surface area contributed by atoms with Gasteiger partial charge in [-0.1, -0.05) is 18.2 Å². The van der Waals surface area contributed by atoms with Gasteiger partial charge in [0.25, 0.3) is 11.8 Å². The van der Waals surface area contributed by atoms with Crippen LogP contribution in [0.1, 0.15) is 33.6 Å². The molecule has 26 heavy (non-hydrogen) atoms. The molecule has 1 aliphatic rings. The van der Waals surface area contributed by atoms with Crippen molar-refractivity contribution >= 4 is 17.5 Å². The fraction of sp³-hybridized carbons (Fsp3) is 0.263. The van der Waals surface area contributed by atoms with E-state index in [1.165, 1.54) is 18.2 Å². The summed E-state index contributed by atoms with van der Waals surface area (Å²) in [7, 11) is 0. The summed E-state index contributed by atoms with van der Waals surface area (Å²) in [5.41, 5.74) is -0.317. The fourth-order valence-corrected chi connectivity index (χ4v) is 2.80. The van der Waals surface area contributed by atoms with Crippen molar-refractivity contribution in [3.05, 3.63) is 65.2 Å². The molecule has 5 nitrogen and oxygen atoms in total. The van der Waals surface area contributed by atoms with Crippen molar-refractivity contribution in [1.29, 1.82) is 0 Å². The lowest BCUT2D eigenvalue weighted by molar-refractivity contribution is 0.0858.